The van der Waals surface area contributed by atoms with E-state index in [0.29, 0.717) is 19.3 Å². The zero-order chi connectivity index (χ0) is 43.0. The number of carbonyl (C=O) groups is 3. The molecule has 6 nitrogen and oxygen atoms in total. The molecule has 0 spiro atoms. The summed E-state index contributed by atoms with van der Waals surface area (Å²) in [6.45, 7) is 6.46. The van der Waals surface area contributed by atoms with Crippen LogP contribution >= 0.6 is 0 Å². The number of rotatable bonds is 45. The fourth-order valence-electron chi connectivity index (χ4n) is 7.04. The van der Waals surface area contributed by atoms with Gasteiger partial charge in [0.05, 0.1) is 0 Å². The van der Waals surface area contributed by atoms with Crippen LogP contribution in [-0.4, -0.2) is 37.2 Å². The SMILES string of the molecule is CC/C=C\C/C=C\C/C=C\CCCCCCCCCC(=O)OC(COC(=O)CCCCCCCC)COC(=O)CCCCCCCCC/C=C\CCCCCCCCC. The molecule has 0 rings (SSSR count). The first-order valence-electron chi connectivity index (χ1n) is 25.1. The van der Waals surface area contributed by atoms with Gasteiger partial charge in [-0.05, 0) is 77.0 Å². The van der Waals surface area contributed by atoms with Crippen LogP contribution in [0.2, 0.25) is 0 Å². The molecule has 0 N–H and O–H groups in total. The molecule has 0 fully saturated rings. The molecule has 0 heterocycles. The first-order valence-corrected chi connectivity index (χ1v) is 25.1. The maximum absolute atomic E-state index is 12.7. The van der Waals surface area contributed by atoms with Gasteiger partial charge in [-0.25, -0.2) is 0 Å². The predicted octanol–water partition coefficient (Wildman–Crippen LogP) is 16.3. The van der Waals surface area contributed by atoms with Crippen LogP contribution in [0.15, 0.2) is 48.6 Å². The van der Waals surface area contributed by atoms with Gasteiger partial charge in [0.25, 0.3) is 0 Å². The molecular weight excluding hydrogens is 733 g/mol. The minimum atomic E-state index is -0.775. The van der Waals surface area contributed by atoms with Gasteiger partial charge in [-0.1, -0.05) is 204 Å². The Morgan fingerprint density at radius 2 is 0.661 bits per heavy atom. The summed E-state index contributed by atoms with van der Waals surface area (Å²) < 4.78 is 16.7. The van der Waals surface area contributed by atoms with Crippen molar-refractivity contribution < 1.29 is 28.6 Å². The van der Waals surface area contributed by atoms with Crippen molar-refractivity contribution in [2.75, 3.05) is 13.2 Å². The lowest BCUT2D eigenvalue weighted by molar-refractivity contribution is -0.167. The minimum Gasteiger partial charge on any atom is -0.462 e. The van der Waals surface area contributed by atoms with Gasteiger partial charge in [-0.15, -0.1) is 0 Å². The lowest BCUT2D eigenvalue weighted by atomic mass is 10.1. The second-order valence-corrected chi connectivity index (χ2v) is 16.7. The first kappa shape index (κ1) is 56.4. The van der Waals surface area contributed by atoms with Crippen LogP contribution in [0, 0.1) is 0 Å². The molecule has 0 amide bonds. The van der Waals surface area contributed by atoms with Gasteiger partial charge in [0.15, 0.2) is 6.10 Å². The summed E-state index contributed by atoms with van der Waals surface area (Å²) in [5.41, 5.74) is 0. The summed E-state index contributed by atoms with van der Waals surface area (Å²) in [5, 5.41) is 0. The van der Waals surface area contributed by atoms with E-state index in [1.54, 1.807) is 0 Å². The molecule has 6 heteroatoms. The van der Waals surface area contributed by atoms with Gasteiger partial charge in [0, 0.05) is 19.3 Å². The monoisotopic (exact) mass is 827 g/mol. The molecule has 1 atom stereocenters. The maximum atomic E-state index is 12.7. The normalized spacial score (nSPS) is 12.4. The van der Waals surface area contributed by atoms with E-state index >= 15 is 0 Å². The number of ether oxygens (including phenoxy) is 3. The summed E-state index contributed by atoms with van der Waals surface area (Å²) >= 11 is 0. The number of carbonyl (C=O) groups excluding carboxylic acids is 3. The first-order chi connectivity index (χ1) is 29.0. The van der Waals surface area contributed by atoms with Crippen LogP contribution in [0.25, 0.3) is 0 Å². The highest BCUT2D eigenvalue weighted by Gasteiger charge is 2.19. The highest BCUT2D eigenvalue weighted by atomic mass is 16.6. The van der Waals surface area contributed by atoms with Crippen molar-refractivity contribution in [1.82, 2.24) is 0 Å². The third-order valence-electron chi connectivity index (χ3n) is 10.8. The third-order valence-corrected chi connectivity index (χ3v) is 10.8. The Kier molecular flexibility index (Phi) is 45.9. The molecular formula is C53H94O6. The van der Waals surface area contributed by atoms with E-state index in [2.05, 4.69) is 69.4 Å². The van der Waals surface area contributed by atoms with Crippen LogP contribution < -0.4 is 0 Å². The fourth-order valence-corrected chi connectivity index (χ4v) is 7.04. The van der Waals surface area contributed by atoms with Crippen molar-refractivity contribution in [3.05, 3.63) is 48.6 Å². The molecule has 342 valence electrons. The van der Waals surface area contributed by atoms with Gasteiger partial charge in [0.1, 0.15) is 13.2 Å². The van der Waals surface area contributed by atoms with Crippen LogP contribution in [0.3, 0.4) is 0 Å². The van der Waals surface area contributed by atoms with E-state index in [0.717, 1.165) is 83.5 Å². The molecule has 59 heavy (non-hydrogen) atoms. The topological polar surface area (TPSA) is 78.9 Å². The molecule has 0 saturated carbocycles. The van der Waals surface area contributed by atoms with Crippen molar-refractivity contribution in [2.45, 2.75) is 258 Å². The van der Waals surface area contributed by atoms with E-state index in [4.69, 9.17) is 14.2 Å². The standard InChI is InChI=1S/C53H94O6/c1-4-7-10-13-16-18-20-22-24-26-28-29-31-33-35-37-40-43-46-52(55)58-49-50(48-57-51(54)45-42-39-15-12-9-6-3)59-53(56)47-44-41-38-36-34-32-30-27-25-23-21-19-17-14-11-8-5-2/h8,11,17,19,23-26,50H,4-7,9-10,12-16,18,20-22,27-49H2,1-3H3/b11-8-,19-17-,25-23-,26-24-. The smallest absolute Gasteiger partial charge is 0.306 e. The van der Waals surface area contributed by atoms with Crippen molar-refractivity contribution in [3.8, 4) is 0 Å². The molecule has 0 bridgehead atoms. The van der Waals surface area contributed by atoms with Gasteiger partial charge in [0.2, 0.25) is 0 Å². The zero-order valence-corrected chi connectivity index (χ0v) is 39.0. The summed E-state index contributed by atoms with van der Waals surface area (Å²) in [6.07, 6.45) is 56.9. The van der Waals surface area contributed by atoms with Gasteiger partial charge in [-0.2, -0.15) is 0 Å². The number of hydrogen-bond donors (Lipinski definition) is 0. The van der Waals surface area contributed by atoms with Crippen molar-refractivity contribution in [2.24, 2.45) is 0 Å². The number of unbranched alkanes of at least 4 members (excludes halogenated alkanes) is 26. The number of allylic oxidation sites excluding steroid dienone is 8. The molecule has 1 unspecified atom stereocenters. The van der Waals surface area contributed by atoms with Crippen LogP contribution in [0.4, 0.5) is 0 Å². The van der Waals surface area contributed by atoms with E-state index in [9.17, 15) is 14.4 Å². The van der Waals surface area contributed by atoms with E-state index in [1.165, 1.54) is 128 Å². The Morgan fingerprint density at radius 1 is 0.356 bits per heavy atom. The summed E-state index contributed by atoms with van der Waals surface area (Å²) in [7, 11) is 0. The molecule has 0 aliphatic carbocycles. The molecule has 0 radical (unpaired) electrons. The average Bonchev–Trinajstić information content (AvgIpc) is 3.23. The predicted molar refractivity (Wildman–Crippen MR) is 252 cm³/mol. The fraction of sp³-hybridized carbons (Fsp3) is 0.792. The van der Waals surface area contributed by atoms with E-state index in [-0.39, 0.29) is 31.1 Å². The van der Waals surface area contributed by atoms with Gasteiger partial charge >= 0.3 is 17.9 Å². The van der Waals surface area contributed by atoms with Crippen molar-refractivity contribution in [3.63, 3.8) is 0 Å². The minimum absolute atomic E-state index is 0.0782. The Hall–Kier alpha value is -2.63. The Morgan fingerprint density at radius 3 is 1.05 bits per heavy atom. The Bertz CT molecular complexity index is 1040. The average molecular weight is 827 g/mol. The Labute approximate surface area is 365 Å². The molecule has 0 aromatic carbocycles. The van der Waals surface area contributed by atoms with Crippen molar-refractivity contribution in [1.29, 1.82) is 0 Å². The van der Waals surface area contributed by atoms with Gasteiger partial charge in [-0.3, -0.25) is 14.4 Å². The molecule has 0 aliphatic rings. The second kappa shape index (κ2) is 48.0. The van der Waals surface area contributed by atoms with E-state index in [1.807, 2.05) is 0 Å². The molecule has 0 saturated heterocycles. The Balaban J connectivity index is 4.23. The lowest BCUT2D eigenvalue weighted by Crippen LogP contribution is -2.30. The summed E-state index contributed by atoms with van der Waals surface area (Å²) in [6, 6.07) is 0. The lowest BCUT2D eigenvalue weighted by Gasteiger charge is -2.18. The highest BCUT2D eigenvalue weighted by molar-refractivity contribution is 5.71. The molecule has 0 aromatic rings. The maximum Gasteiger partial charge on any atom is 0.306 e. The largest absolute Gasteiger partial charge is 0.462 e. The van der Waals surface area contributed by atoms with Crippen LogP contribution in [-0.2, 0) is 28.6 Å². The zero-order valence-electron chi connectivity index (χ0n) is 39.0. The summed E-state index contributed by atoms with van der Waals surface area (Å²) in [4.78, 5) is 37.7. The highest BCUT2D eigenvalue weighted by Crippen LogP contribution is 2.14. The van der Waals surface area contributed by atoms with Crippen LogP contribution in [0.5, 0.6) is 0 Å². The molecule has 0 aromatic heterocycles. The van der Waals surface area contributed by atoms with Crippen molar-refractivity contribution >= 4 is 17.9 Å². The summed E-state index contributed by atoms with van der Waals surface area (Å²) in [5.74, 6) is -0.897. The number of esters is 3. The third kappa shape index (κ3) is 46.3. The van der Waals surface area contributed by atoms with Crippen LogP contribution in [0.1, 0.15) is 252 Å². The van der Waals surface area contributed by atoms with Gasteiger partial charge < -0.3 is 14.2 Å². The number of hydrogen-bond acceptors (Lipinski definition) is 6. The molecule has 0 aliphatic heterocycles. The quantitative estimate of drug-likeness (QED) is 0.0263. The van der Waals surface area contributed by atoms with E-state index < -0.39 is 6.10 Å². The second-order valence-electron chi connectivity index (χ2n) is 16.7.